The zero-order chi connectivity index (χ0) is 11.5. The van der Waals surface area contributed by atoms with E-state index in [1.165, 1.54) is 25.9 Å². The summed E-state index contributed by atoms with van der Waals surface area (Å²) >= 11 is 0. The average Bonchev–Trinajstić information content (AvgIpc) is 2.18. The molecule has 0 bridgehead atoms. The van der Waals surface area contributed by atoms with Gasteiger partial charge >= 0.3 is 0 Å². The van der Waals surface area contributed by atoms with E-state index in [9.17, 15) is 0 Å². The second-order valence-corrected chi connectivity index (χ2v) is 5.73. The van der Waals surface area contributed by atoms with Crippen LogP contribution in [0.2, 0.25) is 0 Å². The van der Waals surface area contributed by atoms with Crippen LogP contribution >= 0.6 is 0 Å². The van der Waals surface area contributed by atoms with Crippen molar-refractivity contribution in [2.75, 3.05) is 39.3 Å². The fraction of sp³-hybridized carbons (Fsp3) is 1.00. The van der Waals surface area contributed by atoms with Crippen molar-refractivity contribution >= 4 is 0 Å². The van der Waals surface area contributed by atoms with E-state index < -0.39 is 0 Å². The second-order valence-electron chi connectivity index (χ2n) is 5.73. The van der Waals surface area contributed by atoms with Crippen LogP contribution in [0.5, 0.6) is 0 Å². The van der Waals surface area contributed by atoms with Gasteiger partial charge in [-0.05, 0) is 24.7 Å². The van der Waals surface area contributed by atoms with E-state index in [-0.39, 0.29) is 0 Å². The van der Waals surface area contributed by atoms with Gasteiger partial charge in [0.2, 0.25) is 0 Å². The van der Waals surface area contributed by atoms with Crippen LogP contribution in [0.1, 0.15) is 26.7 Å². The summed E-state index contributed by atoms with van der Waals surface area (Å²) in [7, 11) is 0. The molecule has 1 aliphatic carbocycles. The number of hydrogen-bond donors (Lipinski definition) is 1. The third kappa shape index (κ3) is 2.76. The Bertz CT molecular complexity index is 206. The first kappa shape index (κ1) is 12.3. The zero-order valence-electron chi connectivity index (χ0n) is 10.7. The lowest BCUT2D eigenvalue weighted by Gasteiger charge is -2.47. The summed E-state index contributed by atoms with van der Waals surface area (Å²) in [5.41, 5.74) is 0. The molecular formula is C13H26N2O. The first-order chi connectivity index (χ1) is 7.70. The molecule has 1 saturated heterocycles. The number of aliphatic hydroxyl groups excluding tert-OH is 1. The molecule has 2 rings (SSSR count). The molecule has 0 radical (unpaired) electrons. The Kier molecular flexibility index (Phi) is 4.22. The van der Waals surface area contributed by atoms with Crippen molar-refractivity contribution in [2.45, 2.75) is 32.7 Å². The first-order valence-electron chi connectivity index (χ1n) is 6.78. The van der Waals surface area contributed by atoms with E-state index in [1.807, 2.05) is 0 Å². The highest BCUT2D eigenvalue weighted by atomic mass is 16.3. The number of hydrogen-bond acceptors (Lipinski definition) is 3. The smallest absolute Gasteiger partial charge is 0.0558 e. The minimum absolute atomic E-state index is 0.304. The summed E-state index contributed by atoms with van der Waals surface area (Å²) in [5, 5.41) is 8.89. The SMILES string of the molecule is CC(C)[C@H]1C[C@@H](N2CCN(CCO)CC2)C1. The Hall–Kier alpha value is -0.120. The number of nitrogens with zero attached hydrogens (tertiary/aromatic N) is 2. The Morgan fingerprint density at radius 2 is 1.75 bits per heavy atom. The average molecular weight is 226 g/mol. The molecule has 0 aromatic heterocycles. The van der Waals surface area contributed by atoms with Crippen molar-refractivity contribution in [1.29, 1.82) is 0 Å². The van der Waals surface area contributed by atoms with Crippen molar-refractivity contribution in [3.05, 3.63) is 0 Å². The predicted molar refractivity (Wildman–Crippen MR) is 66.4 cm³/mol. The van der Waals surface area contributed by atoms with Gasteiger partial charge in [-0.25, -0.2) is 0 Å². The largest absolute Gasteiger partial charge is 0.395 e. The van der Waals surface area contributed by atoms with E-state index in [1.54, 1.807) is 0 Å². The van der Waals surface area contributed by atoms with Gasteiger partial charge in [0.1, 0.15) is 0 Å². The summed E-state index contributed by atoms with van der Waals surface area (Å²) in [5.74, 6) is 1.84. The lowest BCUT2D eigenvalue weighted by atomic mass is 9.73. The molecule has 3 heteroatoms. The molecule has 1 N–H and O–H groups in total. The van der Waals surface area contributed by atoms with Crippen molar-refractivity contribution in [3.63, 3.8) is 0 Å². The predicted octanol–water partition coefficient (Wildman–Crippen LogP) is 1.03. The lowest BCUT2D eigenvalue weighted by molar-refractivity contribution is 0.0161. The van der Waals surface area contributed by atoms with E-state index >= 15 is 0 Å². The maximum Gasteiger partial charge on any atom is 0.0558 e. The highest BCUT2D eigenvalue weighted by Crippen LogP contribution is 2.37. The summed E-state index contributed by atoms with van der Waals surface area (Å²) in [4.78, 5) is 5.03. The zero-order valence-corrected chi connectivity index (χ0v) is 10.7. The molecular weight excluding hydrogens is 200 g/mol. The van der Waals surface area contributed by atoms with Crippen LogP contribution in [0.25, 0.3) is 0 Å². The Morgan fingerprint density at radius 1 is 1.12 bits per heavy atom. The molecule has 3 nitrogen and oxygen atoms in total. The number of aliphatic hydroxyl groups is 1. The molecule has 1 heterocycles. The van der Waals surface area contributed by atoms with Gasteiger partial charge in [-0.1, -0.05) is 13.8 Å². The van der Waals surface area contributed by atoms with E-state index in [2.05, 4.69) is 23.6 Å². The highest BCUT2D eigenvalue weighted by Gasteiger charge is 2.35. The van der Waals surface area contributed by atoms with Crippen molar-refractivity contribution < 1.29 is 5.11 Å². The van der Waals surface area contributed by atoms with Gasteiger partial charge in [0.15, 0.2) is 0 Å². The summed E-state index contributed by atoms with van der Waals surface area (Å²) in [6.07, 6.45) is 2.83. The summed E-state index contributed by atoms with van der Waals surface area (Å²) < 4.78 is 0. The van der Waals surface area contributed by atoms with E-state index in [0.717, 1.165) is 37.5 Å². The van der Waals surface area contributed by atoms with Crippen LogP contribution in [0.4, 0.5) is 0 Å². The van der Waals surface area contributed by atoms with Crippen molar-refractivity contribution in [3.8, 4) is 0 Å². The van der Waals surface area contributed by atoms with E-state index in [0.29, 0.717) is 6.61 Å². The van der Waals surface area contributed by atoms with E-state index in [4.69, 9.17) is 5.11 Å². The van der Waals surface area contributed by atoms with Crippen LogP contribution < -0.4 is 0 Å². The molecule has 94 valence electrons. The van der Waals surface area contributed by atoms with Gasteiger partial charge in [-0.15, -0.1) is 0 Å². The fourth-order valence-electron chi connectivity index (χ4n) is 2.97. The molecule has 1 aliphatic heterocycles. The monoisotopic (exact) mass is 226 g/mol. The molecule has 0 aromatic rings. The maximum atomic E-state index is 8.89. The van der Waals surface area contributed by atoms with Gasteiger partial charge in [-0.2, -0.15) is 0 Å². The number of β-amino-alcohol motifs (C(OH)–C–C–N with tert-alkyl or cyclic N) is 1. The first-order valence-corrected chi connectivity index (χ1v) is 6.78. The van der Waals surface area contributed by atoms with Crippen molar-refractivity contribution in [1.82, 2.24) is 9.80 Å². The van der Waals surface area contributed by atoms with Gasteiger partial charge < -0.3 is 5.11 Å². The topological polar surface area (TPSA) is 26.7 Å². The Labute approximate surface area is 99.4 Å². The van der Waals surface area contributed by atoms with Crippen LogP contribution in [-0.2, 0) is 0 Å². The highest BCUT2D eigenvalue weighted by molar-refractivity contribution is 4.90. The minimum Gasteiger partial charge on any atom is -0.395 e. The molecule has 2 aliphatic rings. The number of rotatable bonds is 4. The van der Waals surface area contributed by atoms with Crippen LogP contribution in [0, 0.1) is 11.8 Å². The Morgan fingerprint density at radius 3 is 2.25 bits per heavy atom. The molecule has 0 atom stereocenters. The molecule has 0 spiro atoms. The van der Waals surface area contributed by atoms with Gasteiger partial charge in [0.05, 0.1) is 6.61 Å². The quantitative estimate of drug-likeness (QED) is 0.775. The molecule has 1 saturated carbocycles. The van der Waals surface area contributed by atoms with Gasteiger partial charge in [0, 0.05) is 38.8 Å². The number of piperazine rings is 1. The van der Waals surface area contributed by atoms with Gasteiger partial charge in [0.25, 0.3) is 0 Å². The molecule has 0 aromatic carbocycles. The Balaban J connectivity index is 1.67. The second kappa shape index (κ2) is 5.48. The minimum atomic E-state index is 0.304. The molecule has 16 heavy (non-hydrogen) atoms. The van der Waals surface area contributed by atoms with Crippen molar-refractivity contribution in [2.24, 2.45) is 11.8 Å². The summed E-state index contributed by atoms with van der Waals surface area (Å²) in [6.45, 7) is 10.5. The normalized spacial score (nSPS) is 33.0. The summed E-state index contributed by atoms with van der Waals surface area (Å²) in [6, 6.07) is 0.865. The third-order valence-electron chi connectivity index (χ3n) is 4.43. The van der Waals surface area contributed by atoms with Crippen LogP contribution in [-0.4, -0.2) is 60.3 Å². The molecule has 0 amide bonds. The third-order valence-corrected chi connectivity index (χ3v) is 4.43. The maximum absolute atomic E-state index is 8.89. The van der Waals surface area contributed by atoms with Crippen LogP contribution in [0.3, 0.4) is 0 Å². The van der Waals surface area contributed by atoms with Gasteiger partial charge in [-0.3, -0.25) is 9.80 Å². The molecule has 0 unspecified atom stereocenters. The van der Waals surface area contributed by atoms with Crippen LogP contribution in [0.15, 0.2) is 0 Å². The molecule has 2 fully saturated rings. The lowest BCUT2D eigenvalue weighted by Crippen LogP contribution is -2.54. The fourth-order valence-corrected chi connectivity index (χ4v) is 2.97. The standard InChI is InChI=1S/C13H26N2O/c1-11(2)12-9-13(10-12)15-5-3-14(4-6-15)7-8-16/h11-13,16H,3-10H2,1-2H3/t12-,13+.